The summed E-state index contributed by atoms with van der Waals surface area (Å²) in [6, 6.07) is 0. The molecular formula is C15H26N2O2S. The minimum atomic E-state index is -0.706. The van der Waals surface area contributed by atoms with Crippen LogP contribution in [0.2, 0.25) is 0 Å². The largest absolute Gasteiger partial charge is 0.465 e. The summed E-state index contributed by atoms with van der Waals surface area (Å²) in [5.74, 6) is -0.228. The van der Waals surface area contributed by atoms with Crippen molar-refractivity contribution in [1.82, 2.24) is 4.98 Å². The molecule has 4 nitrogen and oxygen atoms in total. The summed E-state index contributed by atoms with van der Waals surface area (Å²) in [7, 11) is 2.05. The van der Waals surface area contributed by atoms with Gasteiger partial charge in [-0.3, -0.25) is 4.79 Å². The molecular weight excluding hydrogens is 272 g/mol. The summed E-state index contributed by atoms with van der Waals surface area (Å²) in [6.45, 7) is 12.5. The predicted octanol–water partition coefficient (Wildman–Crippen LogP) is 3.61. The second-order valence-corrected chi connectivity index (χ2v) is 6.92. The van der Waals surface area contributed by atoms with Crippen molar-refractivity contribution in [2.45, 2.75) is 58.9 Å². The van der Waals surface area contributed by atoms with Crippen LogP contribution in [0.15, 0.2) is 5.38 Å². The molecule has 114 valence electrons. The highest BCUT2D eigenvalue weighted by Crippen LogP contribution is 2.32. The van der Waals surface area contributed by atoms with Gasteiger partial charge >= 0.3 is 5.97 Å². The molecule has 0 saturated carbocycles. The van der Waals surface area contributed by atoms with Crippen molar-refractivity contribution in [2.24, 2.45) is 0 Å². The van der Waals surface area contributed by atoms with Crippen LogP contribution in [0.3, 0.4) is 0 Å². The number of hydrogen-bond acceptors (Lipinski definition) is 5. The van der Waals surface area contributed by atoms with E-state index in [0.717, 1.165) is 17.2 Å². The second-order valence-electron chi connectivity index (χ2n) is 6.09. The summed E-state index contributed by atoms with van der Waals surface area (Å²) in [5.41, 5.74) is 0.111. The van der Waals surface area contributed by atoms with Gasteiger partial charge in [-0.05, 0) is 41.0 Å². The van der Waals surface area contributed by atoms with E-state index < -0.39 is 5.41 Å². The number of anilines is 1. The van der Waals surface area contributed by atoms with Gasteiger partial charge in [-0.2, -0.15) is 0 Å². The number of esters is 1. The number of nitrogens with zero attached hydrogens (tertiary/aromatic N) is 2. The lowest BCUT2D eigenvalue weighted by Gasteiger charge is -2.34. The average molecular weight is 298 g/mol. The van der Waals surface area contributed by atoms with Crippen molar-refractivity contribution >= 4 is 22.4 Å². The minimum absolute atomic E-state index is 0.0448. The Labute approximate surface area is 126 Å². The van der Waals surface area contributed by atoms with E-state index in [1.54, 1.807) is 11.3 Å². The van der Waals surface area contributed by atoms with Crippen LogP contribution in [-0.2, 0) is 14.9 Å². The van der Waals surface area contributed by atoms with E-state index in [4.69, 9.17) is 4.74 Å². The Hall–Kier alpha value is -1.10. The molecule has 1 aromatic rings. The molecule has 0 unspecified atom stereocenters. The Morgan fingerprint density at radius 1 is 1.35 bits per heavy atom. The topological polar surface area (TPSA) is 42.4 Å². The molecule has 0 aromatic carbocycles. The summed E-state index contributed by atoms with van der Waals surface area (Å²) >= 11 is 1.57. The molecule has 0 aliphatic carbocycles. The Morgan fingerprint density at radius 3 is 2.45 bits per heavy atom. The molecule has 0 atom stereocenters. The van der Waals surface area contributed by atoms with Crippen molar-refractivity contribution < 1.29 is 9.53 Å². The van der Waals surface area contributed by atoms with Gasteiger partial charge in [-0.25, -0.2) is 4.98 Å². The van der Waals surface area contributed by atoms with Crippen molar-refractivity contribution in [1.29, 1.82) is 0 Å². The number of thiazole rings is 1. The fourth-order valence-electron chi connectivity index (χ4n) is 1.62. The monoisotopic (exact) mass is 298 g/mol. The van der Waals surface area contributed by atoms with Crippen LogP contribution < -0.4 is 4.90 Å². The first-order chi connectivity index (χ1) is 9.16. The highest BCUT2D eigenvalue weighted by molar-refractivity contribution is 7.13. The van der Waals surface area contributed by atoms with Gasteiger partial charge in [0.15, 0.2) is 5.13 Å². The van der Waals surface area contributed by atoms with E-state index in [2.05, 4.69) is 30.7 Å². The number of carbonyl (C=O) groups is 1. The molecule has 0 N–H and O–H groups in total. The number of rotatable bonds is 6. The normalized spacial score (nSPS) is 12.3. The molecule has 0 saturated heterocycles. The average Bonchev–Trinajstić information content (AvgIpc) is 2.88. The molecule has 20 heavy (non-hydrogen) atoms. The van der Waals surface area contributed by atoms with Gasteiger partial charge < -0.3 is 9.64 Å². The standard InChI is InChI=1S/C15H26N2O2S/c1-8-14(3,4)17(7)13-16-11(10-20-13)15(5,6)12(18)19-9-2/h10H,8-9H2,1-7H3. The Balaban J connectivity index is 3.00. The molecule has 0 radical (unpaired) electrons. The lowest BCUT2D eigenvalue weighted by Crippen LogP contribution is -2.40. The first-order valence-corrected chi connectivity index (χ1v) is 7.91. The zero-order valence-corrected chi connectivity index (χ0v) is 14.4. The molecule has 0 aliphatic heterocycles. The molecule has 0 spiro atoms. The SMILES string of the molecule is CCOC(=O)C(C)(C)c1csc(N(C)C(C)(C)CC)n1. The van der Waals surface area contributed by atoms with Crippen molar-refractivity contribution in [3.05, 3.63) is 11.1 Å². The van der Waals surface area contributed by atoms with E-state index in [0.29, 0.717) is 6.61 Å². The third kappa shape index (κ3) is 3.32. The van der Waals surface area contributed by atoms with Crippen LogP contribution in [0.4, 0.5) is 5.13 Å². The molecule has 0 amide bonds. The van der Waals surface area contributed by atoms with Gasteiger partial charge in [-0.1, -0.05) is 6.92 Å². The third-order valence-corrected chi connectivity index (χ3v) is 4.90. The second kappa shape index (κ2) is 6.12. The quantitative estimate of drug-likeness (QED) is 0.752. The lowest BCUT2D eigenvalue weighted by molar-refractivity contribution is -0.148. The number of hydrogen-bond donors (Lipinski definition) is 0. The van der Waals surface area contributed by atoms with Crippen LogP contribution >= 0.6 is 11.3 Å². The Morgan fingerprint density at radius 2 is 1.95 bits per heavy atom. The third-order valence-electron chi connectivity index (χ3n) is 3.98. The van der Waals surface area contributed by atoms with Gasteiger partial charge in [0.1, 0.15) is 5.41 Å². The van der Waals surface area contributed by atoms with Crippen LogP contribution in [0.5, 0.6) is 0 Å². The van der Waals surface area contributed by atoms with Gasteiger partial charge in [-0.15, -0.1) is 11.3 Å². The fraction of sp³-hybridized carbons (Fsp3) is 0.733. The first-order valence-electron chi connectivity index (χ1n) is 7.03. The highest BCUT2D eigenvalue weighted by Gasteiger charge is 2.35. The maximum absolute atomic E-state index is 12.0. The first kappa shape index (κ1) is 17.0. The van der Waals surface area contributed by atoms with Crippen LogP contribution in [0, 0.1) is 0 Å². The number of aromatic nitrogens is 1. The van der Waals surface area contributed by atoms with Crippen molar-refractivity contribution in [3.63, 3.8) is 0 Å². The molecule has 1 rings (SSSR count). The summed E-state index contributed by atoms with van der Waals surface area (Å²) in [5, 5.41) is 2.89. The number of ether oxygens (including phenoxy) is 1. The Bertz CT molecular complexity index is 466. The van der Waals surface area contributed by atoms with E-state index in [-0.39, 0.29) is 11.5 Å². The van der Waals surface area contributed by atoms with Crippen LogP contribution in [-0.4, -0.2) is 30.1 Å². The molecule has 5 heteroatoms. The predicted molar refractivity (Wildman–Crippen MR) is 84.5 cm³/mol. The van der Waals surface area contributed by atoms with Gasteiger partial charge in [0.25, 0.3) is 0 Å². The zero-order chi connectivity index (χ0) is 15.6. The highest BCUT2D eigenvalue weighted by atomic mass is 32.1. The van der Waals surface area contributed by atoms with Gasteiger partial charge in [0.05, 0.1) is 12.3 Å². The van der Waals surface area contributed by atoms with Crippen LogP contribution in [0.1, 0.15) is 53.7 Å². The fourth-order valence-corrected chi connectivity index (χ4v) is 2.74. The van der Waals surface area contributed by atoms with Crippen LogP contribution in [0.25, 0.3) is 0 Å². The molecule has 0 bridgehead atoms. The van der Waals surface area contributed by atoms with E-state index in [1.165, 1.54) is 0 Å². The van der Waals surface area contributed by atoms with E-state index >= 15 is 0 Å². The smallest absolute Gasteiger partial charge is 0.317 e. The van der Waals surface area contributed by atoms with Crippen molar-refractivity contribution in [2.75, 3.05) is 18.6 Å². The Kier molecular flexibility index (Phi) is 5.19. The molecule has 0 aliphatic rings. The molecule has 1 heterocycles. The summed E-state index contributed by atoms with van der Waals surface area (Å²) < 4.78 is 5.13. The van der Waals surface area contributed by atoms with Crippen molar-refractivity contribution in [3.8, 4) is 0 Å². The zero-order valence-electron chi connectivity index (χ0n) is 13.6. The van der Waals surface area contributed by atoms with Gasteiger partial charge in [0, 0.05) is 18.0 Å². The summed E-state index contributed by atoms with van der Waals surface area (Å²) in [4.78, 5) is 18.8. The lowest BCUT2D eigenvalue weighted by atomic mass is 9.90. The summed E-state index contributed by atoms with van der Waals surface area (Å²) in [6.07, 6.45) is 1.03. The molecule has 1 aromatic heterocycles. The van der Waals surface area contributed by atoms with Gasteiger partial charge in [0.2, 0.25) is 0 Å². The molecule has 0 fully saturated rings. The minimum Gasteiger partial charge on any atom is -0.465 e. The number of carbonyl (C=O) groups excluding carboxylic acids is 1. The van der Waals surface area contributed by atoms with E-state index in [9.17, 15) is 4.79 Å². The maximum Gasteiger partial charge on any atom is 0.317 e. The maximum atomic E-state index is 12.0. The van der Waals surface area contributed by atoms with E-state index in [1.807, 2.05) is 33.2 Å².